The minimum atomic E-state index is -0.948. The Morgan fingerprint density at radius 2 is 1.80 bits per heavy atom. The number of benzene rings is 1. The molecule has 0 saturated heterocycles. The van der Waals surface area contributed by atoms with Crippen molar-refractivity contribution in [3.63, 3.8) is 0 Å². The van der Waals surface area contributed by atoms with Gasteiger partial charge in [0, 0.05) is 36.8 Å². The highest BCUT2D eigenvalue weighted by atomic mass is 32.1. The van der Waals surface area contributed by atoms with Crippen LogP contribution in [0.5, 0.6) is 0 Å². The Balaban J connectivity index is 1.57. The largest absolute Gasteiger partial charge is 0.351 e. The van der Waals surface area contributed by atoms with Crippen LogP contribution in [0.25, 0.3) is 0 Å². The maximum atomic E-state index is 13.4. The van der Waals surface area contributed by atoms with E-state index < -0.39 is 35.8 Å². The Kier molecular flexibility index (Phi) is 10.0. The number of thiazole rings is 1. The lowest BCUT2D eigenvalue weighted by atomic mass is 10.0. The van der Waals surface area contributed by atoms with Crippen molar-refractivity contribution in [3.05, 3.63) is 86.2 Å². The first-order valence-corrected chi connectivity index (χ1v) is 14.5. The van der Waals surface area contributed by atoms with Gasteiger partial charge in [0.1, 0.15) is 22.8 Å². The van der Waals surface area contributed by atoms with Crippen molar-refractivity contribution in [2.45, 2.75) is 57.2 Å². The fourth-order valence-corrected chi connectivity index (χ4v) is 5.32. The first kappa shape index (κ1) is 29.7. The molecule has 216 valence electrons. The van der Waals surface area contributed by atoms with E-state index in [4.69, 9.17) is 0 Å². The smallest absolute Gasteiger partial charge is 0.270 e. The van der Waals surface area contributed by atoms with Gasteiger partial charge in [-0.15, -0.1) is 11.3 Å². The van der Waals surface area contributed by atoms with E-state index in [0.717, 1.165) is 5.56 Å². The van der Waals surface area contributed by atoms with Crippen molar-refractivity contribution in [1.29, 1.82) is 0 Å². The minimum Gasteiger partial charge on any atom is -0.351 e. The zero-order valence-corrected chi connectivity index (χ0v) is 23.8. The summed E-state index contributed by atoms with van der Waals surface area (Å²) in [5.41, 5.74) is 1.04. The lowest BCUT2D eigenvalue weighted by Gasteiger charge is -2.25. The van der Waals surface area contributed by atoms with Gasteiger partial charge in [0.05, 0.1) is 6.04 Å². The molecule has 11 nitrogen and oxygen atoms in total. The zero-order valence-electron chi connectivity index (χ0n) is 23.0. The molecule has 3 atom stereocenters. The van der Waals surface area contributed by atoms with Crippen molar-refractivity contribution < 1.29 is 19.2 Å². The number of pyridine rings is 1. The number of amides is 4. The molecule has 0 spiro atoms. The molecular formula is C29H34N6O5S. The number of nitrogens with one attached hydrogen (secondary N) is 4. The molecule has 3 heterocycles. The van der Waals surface area contributed by atoms with Gasteiger partial charge in [0.2, 0.25) is 11.8 Å². The number of nitrogens with zero attached hydrogens (tertiary/aromatic N) is 2. The number of aromatic nitrogens is 2. The maximum Gasteiger partial charge on any atom is 0.270 e. The highest BCUT2D eigenvalue weighted by Gasteiger charge is 2.29. The van der Waals surface area contributed by atoms with Gasteiger partial charge in [-0.2, -0.15) is 0 Å². The van der Waals surface area contributed by atoms with E-state index in [2.05, 4.69) is 26.3 Å². The Bertz CT molecular complexity index is 1450. The Hall–Kier alpha value is -4.32. The summed E-state index contributed by atoms with van der Waals surface area (Å²) in [4.78, 5) is 69.0. The predicted molar refractivity (Wildman–Crippen MR) is 154 cm³/mol. The predicted octanol–water partition coefficient (Wildman–Crippen LogP) is 1.85. The van der Waals surface area contributed by atoms with Crippen LogP contribution in [-0.4, -0.2) is 51.8 Å². The molecule has 0 saturated carbocycles. The summed E-state index contributed by atoms with van der Waals surface area (Å²) in [6.07, 6.45) is 3.58. The zero-order chi connectivity index (χ0) is 29.4. The standard InChI is InChI=1S/C29H34N6O5S/c1-3-20-27(39)33-22(15-18-9-5-4-6-10-18)29-34-23(17-41-29)26(38)30-13-8-7-11-21(28(40)31-20)32-25(37)19-12-14-35(2)24(36)16-19/h4-6,9-10,12,14,16-17,20-22H,3,7-8,11,13,15H2,1-2H3,(H,30,38)(H,31,40)(H,32,37)(H,33,39)/t20-,21+,22+/m1/s1. The van der Waals surface area contributed by atoms with Gasteiger partial charge >= 0.3 is 0 Å². The van der Waals surface area contributed by atoms with Gasteiger partial charge < -0.3 is 25.8 Å². The summed E-state index contributed by atoms with van der Waals surface area (Å²) < 4.78 is 1.34. The van der Waals surface area contributed by atoms with Gasteiger partial charge in [-0.1, -0.05) is 37.3 Å². The van der Waals surface area contributed by atoms with E-state index in [9.17, 15) is 24.0 Å². The second-order valence-electron chi connectivity index (χ2n) is 9.93. The molecule has 4 rings (SSSR count). The molecule has 1 aliphatic heterocycles. The van der Waals surface area contributed by atoms with Crippen LogP contribution in [0.4, 0.5) is 0 Å². The molecule has 0 unspecified atom stereocenters. The Morgan fingerprint density at radius 3 is 2.54 bits per heavy atom. The van der Waals surface area contributed by atoms with Gasteiger partial charge in [-0.05, 0) is 43.7 Å². The van der Waals surface area contributed by atoms with Crippen LogP contribution in [0.15, 0.2) is 58.8 Å². The molecule has 0 fully saturated rings. The van der Waals surface area contributed by atoms with Crippen molar-refractivity contribution in [3.8, 4) is 0 Å². The summed E-state index contributed by atoms with van der Waals surface area (Å²) in [6.45, 7) is 2.15. The van der Waals surface area contributed by atoms with E-state index in [1.54, 1.807) is 19.4 Å². The molecule has 0 aliphatic carbocycles. The summed E-state index contributed by atoms with van der Waals surface area (Å²) >= 11 is 1.29. The fraction of sp³-hybridized carbons (Fsp3) is 0.379. The van der Waals surface area contributed by atoms with Crippen LogP contribution in [0.3, 0.4) is 0 Å². The first-order chi connectivity index (χ1) is 19.7. The third-order valence-electron chi connectivity index (χ3n) is 6.89. The lowest BCUT2D eigenvalue weighted by Crippen LogP contribution is -2.54. The number of rotatable bonds is 5. The van der Waals surface area contributed by atoms with Crippen LogP contribution >= 0.6 is 11.3 Å². The van der Waals surface area contributed by atoms with Crippen LogP contribution in [0, 0.1) is 0 Å². The topological polar surface area (TPSA) is 151 Å². The summed E-state index contributed by atoms with van der Waals surface area (Å²) in [5, 5.41) is 13.6. The van der Waals surface area contributed by atoms with Crippen molar-refractivity contribution in [1.82, 2.24) is 30.8 Å². The molecule has 4 amide bonds. The molecule has 2 bridgehead atoms. The number of aryl methyl sites for hydroxylation is 1. The lowest BCUT2D eigenvalue weighted by molar-refractivity contribution is -0.130. The number of hydrogen-bond donors (Lipinski definition) is 4. The molecular weight excluding hydrogens is 544 g/mol. The highest BCUT2D eigenvalue weighted by molar-refractivity contribution is 7.09. The number of carbonyl (C=O) groups is 4. The van der Waals surface area contributed by atoms with E-state index >= 15 is 0 Å². The normalized spacial score (nSPS) is 20.4. The summed E-state index contributed by atoms with van der Waals surface area (Å²) in [5.74, 6) is -1.78. The van der Waals surface area contributed by atoms with Crippen LogP contribution in [0.1, 0.15) is 70.1 Å². The van der Waals surface area contributed by atoms with E-state index in [-0.39, 0.29) is 29.1 Å². The SMILES string of the molecule is CC[C@H]1NC(=O)[C@@H](NC(=O)c2ccn(C)c(=O)c2)CCCCNC(=O)c2csc(n2)[C@H](Cc2ccccc2)NC1=O. The number of hydrogen-bond acceptors (Lipinski definition) is 7. The fourth-order valence-electron chi connectivity index (χ4n) is 4.47. The van der Waals surface area contributed by atoms with Gasteiger partial charge in [-0.3, -0.25) is 24.0 Å². The maximum absolute atomic E-state index is 13.4. The Labute approximate surface area is 241 Å². The number of carbonyl (C=O) groups excluding carboxylic acids is 4. The Morgan fingerprint density at radius 1 is 1.05 bits per heavy atom. The second kappa shape index (κ2) is 13.8. The first-order valence-electron chi connectivity index (χ1n) is 13.6. The molecule has 2 aromatic heterocycles. The monoisotopic (exact) mass is 578 g/mol. The quantitative estimate of drug-likeness (QED) is 0.363. The van der Waals surface area contributed by atoms with Crippen LogP contribution in [0.2, 0.25) is 0 Å². The second-order valence-corrected chi connectivity index (χ2v) is 10.8. The van der Waals surface area contributed by atoms with Gasteiger partial charge in [0.25, 0.3) is 17.4 Å². The molecule has 3 aromatic rings. The molecule has 41 heavy (non-hydrogen) atoms. The summed E-state index contributed by atoms with van der Waals surface area (Å²) in [6, 6.07) is 9.98. The minimum absolute atomic E-state index is 0.135. The van der Waals surface area contributed by atoms with Crippen molar-refractivity contribution in [2.24, 2.45) is 7.05 Å². The third kappa shape index (κ3) is 7.88. The molecule has 1 aromatic carbocycles. The van der Waals surface area contributed by atoms with Gasteiger partial charge in [0.15, 0.2) is 0 Å². The number of fused-ring (bicyclic) bond motifs is 2. The highest BCUT2D eigenvalue weighted by Crippen LogP contribution is 2.23. The molecule has 4 N–H and O–H groups in total. The average molecular weight is 579 g/mol. The van der Waals surface area contributed by atoms with Gasteiger partial charge in [-0.25, -0.2) is 4.98 Å². The average Bonchev–Trinajstić information content (AvgIpc) is 3.46. The van der Waals surface area contributed by atoms with Crippen molar-refractivity contribution >= 4 is 35.0 Å². The molecule has 0 radical (unpaired) electrons. The summed E-state index contributed by atoms with van der Waals surface area (Å²) in [7, 11) is 1.58. The molecule has 12 heteroatoms. The third-order valence-corrected chi connectivity index (χ3v) is 7.84. The van der Waals surface area contributed by atoms with E-state index in [1.807, 2.05) is 30.3 Å². The molecule has 1 aliphatic rings. The van der Waals surface area contributed by atoms with E-state index in [1.165, 1.54) is 34.2 Å². The van der Waals surface area contributed by atoms with Crippen LogP contribution in [-0.2, 0) is 23.1 Å². The van der Waals surface area contributed by atoms with E-state index in [0.29, 0.717) is 37.2 Å². The van der Waals surface area contributed by atoms with Crippen LogP contribution < -0.4 is 26.8 Å². The van der Waals surface area contributed by atoms with Crippen molar-refractivity contribution in [2.75, 3.05) is 6.54 Å².